The second-order valence-electron chi connectivity index (χ2n) is 4.69. The highest BCUT2D eigenvalue weighted by Gasteiger charge is 2.14. The van der Waals surface area contributed by atoms with E-state index in [1.54, 1.807) is 12.4 Å². The van der Waals surface area contributed by atoms with Gasteiger partial charge in [-0.15, -0.1) is 0 Å². The van der Waals surface area contributed by atoms with E-state index in [1.807, 2.05) is 31.2 Å². The molecule has 0 bridgehead atoms. The van der Waals surface area contributed by atoms with Crippen molar-refractivity contribution in [2.24, 2.45) is 0 Å². The molecule has 4 heteroatoms. The van der Waals surface area contributed by atoms with Crippen LogP contribution in [-0.2, 0) is 0 Å². The Labute approximate surface area is 119 Å². The fourth-order valence-corrected chi connectivity index (χ4v) is 2.27. The van der Waals surface area contributed by atoms with E-state index in [1.165, 1.54) is 5.56 Å². The maximum absolute atomic E-state index is 5.90. The number of nitrogens with one attached hydrogen (secondary N) is 1. The number of hydrogen-bond donors (Lipinski definition) is 1. The minimum Gasteiger partial charge on any atom is -0.302 e. The molecule has 0 spiro atoms. The van der Waals surface area contributed by atoms with E-state index in [-0.39, 0.29) is 12.1 Å². The molecule has 1 N–H and O–H groups in total. The molecule has 0 amide bonds. The van der Waals surface area contributed by atoms with Crippen molar-refractivity contribution in [3.63, 3.8) is 0 Å². The maximum atomic E-state index is 5.90. The molecule has 3 nitrogen and oxygen atoms in total. The molecule has 2 rings (SSSR count). The molecule has 1 unspecified atom stereocenters. The van der Waals surface area contributed by atoms with Gasteiger partial charge >= 0.3 is 0 Å². The Bertz CT molecular complexity index is 539. The first-order chi connectivity index (χ1) is 9.08. The summed E-state index contributed by atoms with van der Waals surface area (Å²) in [6.45, 7) is 6.21. The first kappa shape index (κ1) is 14.0. The second kappa shape index (κ2) is 6.13. The van der Waals surface area contributed by atoms with Crippen molar-refractivity contribution < 1.29 is 0 Å². The highest BCUT2D eigenvalue weighted by molar-refractivity contribution is 6.30. The van der Waals surface area contributed by atoms with Gasteiger partial charge in [-0.25, -0.2) is 0 Å². The third-order valence-electron chi connectivity index (χ3n) is 3.20. The van der Waals surface area contributed by atoms with Crippen LogP contribution in [0.25, 0.3) is 0 Å². The number of nitrogens with zero attached hydrogens (tertiary/aromatic N) is 2. The molecule has 0 saturated carbocycles. The lowest BCUT2D eigenvalue weighted by Crippen LogP contribution is -2.24. The first-order valence-corrected chi connectivity index (χ1v) is 6.74. The van der Waals surface area contributed by atoms with Crippen LogP contribution in [-0.4, -0.2) is 9.97 Å². The predicted octanol–water partition coefficient (Wildman–Crippen LogP) is 3.85. The van der Waals surface area contributed by atoms with Crippen molar-refractivity contribution in [3.05, 3.63) is 58.6 Å². The second-order valence-corrected chi connectivity index (χ2v) is 5.13. The van der Waals surface area contributed by atoms with Crippen LogP contribution in [0, 0.1) is 6.92 Å². The topological polar surface area (TPSA) is 37.8 Å². The molecule has 2 atom stereocenters. The zero-order valence-corrected chi connectivity index (χ0v) is 12.1. The van der Waals surface area contributed by atoms with Crippen LogP contribution in [0.3, 0.4) is 0 Å². The molecular formula is C15H18ClN3. The molecule has 1 aromatic heterocycles. The number of aryl methyl sites for hydroxylation is 1. The zero-order chi connectivity index (χ0) is 13.8. The summed E-state index contributed by atoms with van der Waals surface area (Å²) in [6.07, 6.45) is 3.45. The molecule has 0 aliphatic rings. The van der Waals surface area contributed by atoms with Crippen LogP contribution in [0.2, 0.25) is 5.02 Å². The van der Waals surface area contributed by atoms with Crippen molar-refractivity contribution in [3.8, 4) is 0 Å². The van der Waals surface area contributed by atoms with Gasteiger partial charge in [0.05, 0.1) is 11.4 Å². The summed E-state index contributed by atoms with van der Waals surface area (Å²) < 4.78 is 0. The average molecular weight is 276 g/mol. The Morgan fingerprint density at radius 2 is 1.63 bits per heavy atom. The molecule has 2 aromatic rings. The SMILES string of the molecule is Cc1nccnc1C(C)N[C@@H](C)c1ccc(Cl)cc1. The number of hydrogen-bond acceptors (Lipinski definition) is 3. The van der Waals surface area contributed by atoms with Gasteiger partial charge < -0.3 is 5.32 Å². The monoisotopic (exact) mass is 275 g/mol. The van der Waals surface area contributed by atoms with Gasteiger partial charge in [-0.05, 0) is 38.5 Å². The first-order valence-electron chi connectivity index (χ1n) is 6.37. The van der Waals surface area contributed by atoms with Crippen molar-refractivity contribution in [2.45, 2.75) is 32.9 Å². The molecule has 0 saturated heterocycles. The van der Waals surface area contributed by atoms with Gasteiger partial charge in [0.15, 0.2) is 0 Å². The number of rotatable bonds is 4. The fraction of sp³-hybridized carbons (Fsp3) is 0.333. The van der Waals surface area contributed by atoms with Gasteiger partial charge in [0.25, 0.3) is 0 Å². The minimum atomic E-state index is 0.152. The van der Waals surface area contributed by atoms with Crippen molar-refractivity contribution in [1.29, 1.82) is 0 Å². The standard InChI is InChI=1S/C15H18ClN3/c1-10(13-4-6-14(16)7-5-13)19-12(3)15-11(2)17-8-9-18-15/h4-10,12,19H,1-3H3/t10-,12?/m0/s1. The van der Waals surface area contributed by atoms with E-state index in [0.717, 1.165) is 16.4 Å². The smallest absolute Gasteiger partial charge is 0.0782 e. The predicted molar refractivity (Wildman–Crippen MR) is 78.2 cm³/mol. The number of halogens is 1. The van der Waals surface area contributed by atoms with E-state index >= 15 is 0 Å². The van der Waals surface area contributed by atoms with Crippen molar-refractivity contribution >= 4 is 11.6 Å². The van der Waals surface area contributed by atoms with Crippen molar-refractivity contribution in [1.82, 2.24) is 15.3 Å². The molecule has 1 heterocycles. The third-order valence-corrected chi connectivity index (χ3v) is 3.45. The summed E-state index contributed by atoms with van der Waals surface area (Å²) in [5.74, 6) is 0. The molecule has 0 radical (unpaired) electrons. The summed E-state index contributed by atoms with van der Waals surface area (Å²) in [6, 6.07) is 8.28. The van der Waals surface area contributed by atoms with Crippen LogP contribution in [0.4, 0.5) is 0 Å². The molecule has 0 fully saturated rings. The van der Waals surface area contributed by atoms with Crippen LogP contribution in [0.15, 0.2) is 36.7 Å². The van der Waals surface area contributed by atoms with E-state index < -0.39 is 0 Å². The highest BCUT2D eigenvalue weighted by Crippen LogP contribution is 2.20. The van der Waals surface area contributed by atoms with Crippen LogP contribution < -0.4 is 5.32 Å². The molecule has 0 aliphatic carbocycles. The minimum absolute atomic E-state index is 0.152. The number of benzene rings is 1. The molecule has 0 aliphatic heterocycles. The maximum Gasteiger partial charge on any atom is 0.0782 e. The summed E-state index contributed by atoms with van der Waals surface area (Å²) in [5, 5.41) is 4.29. The van der Waals surface area contributed by atoms with E-state index in [4.69, 9.17) is 11.6 Å². The van der Waals surface area contributed by atoms with Crippen molar-refractivity contribution in [2.75, 3.05) is 0 Å². The Balaban J connectivity index is 2.08. The zero-order valence-electron chi connectivity index (χ0n) is 11.4. The Morgan fingerprint density at radius 3 is 2.26 bits per heavy atom. The van der Waals surface area contributed by atoms with Gasteiger partial charge in [0, 0.05) is 29.5 Å². The van der Waals surface area contributed by atoms with Gasteiger partial charge in [-0.2, -0.15) is 0 Å². The lowest BCUT2D eigenvalue weighted by Gasteiger charge is -2.20. The van der Waals surface area contributed by atoms with Crippen LogP contribution in [0.5, 0.6) is 0 Å². The molecule has 1 aromatic carbocycles. The summed E-state index contributed by atoms with van der Waals surface area (Å²) in [7, 11) is 0. The summed E-state index contributed by atoms with van der Waals surface area (Å²) in [5.41, 5.74) is 3.16. The lowest BCUT2D eigenvalue weighted by molar-refractivity contribution is 0.483. The van der Waals surface area contributed by atoms with E-state index in [2.05, 4.69) is 29.1 Å². The molecular weight excluding hydrogens is 258 g/mol. The summed E-state index contributed by atoms with van der Waals surface area (Å²) in [4.78, 5) is 8.66. The highest BCUT2D eigenvalue weighted by atomic mass is 35.5. The van der Waals surface area contributed by atoms with E-state index in [9.17, 15) is 0 Å². The van der Waals surface area contributed by atoms with Gasteiger partial charge in [0.2, 0.25) is 0 Å². The van der Waals surface area contributed by atoms with Gasteiger partial charge in [-0.1, -0.05) is 23.7 Å². The third kappa shape index (κ3) is 3.52. The lowest BCUT2D eigenvalue weighted by atomic mass is 10.1. The quantitative estimate of drug-likeness (QED) is 0.921. The Kier molecular flexibility index (Phi) is 4.51. The Morgan fingerprint density at radius 1 is 1.00 bits per heavy atom. The van der Waals surface area contributed by atoms with Crippen LogP contribution >= 0.6 is 11.6 Å². The van der Waals surface area contributed by atoms with E-state index in [0.29, 0.717) is 0 Å². The molecule has 19 heavy (non-hydrogen) atoms. The molecule has 100 valence electrons. The summed E-state index contributed by atoms with van der Waals surface area (Å²) >= 11 is 5.90. The van der Waals surface area contributed by atoms with Gasteiger partial charge in [-0.3, -0.25) is 9.97 Å². The Hall–Kier alpha value is -1.45. The largest absolute Gasteiger partial charge is 0.302 e. The number of aromatic nitrogens is 2. The van der Waals surface area contributed by atoms with Gasteiger partial charge in [0.1, 0.15) is 0 Å². The average Bonchev–Trinajstić information content (AvgIpc) is 2.39. The normalized spacial score (nSPS) is 14.1. The van der Waals surface area contributed by atoms with Crippen LogP contribution in [0.1, 0.15) is 42.9 Å². The fourth-order valence-electron chi connectivity index (χ4n) is 2.15.